The number of carbonyl (C=O) groups is 1. The number of benzene rings is 1. The van der Waals surface area contributed by atoms with Gasteiger partial charge >= 0.3 is 0 Å². The molecule has 1 amide bonds. The number of anilines is 1. The van der Waals surface area contributed by atoms with Crippen molar-refractivity contribution in [2.75, 3.05) is 18.9 Å². The number of hydrogen-bond donors (Lipinski definition) is 3. The lowest BCUT2D eigenvalue weighted by Gasteiger charge is -2.13. The average molecular weight is 297 g/mol. The van der Waals surface area contributed by atoms with Crippen LogP contribution < -0.4 is 15.4 Å². The molecule has 1 aromatic rings. The van der Waals surface area contributed by atoms with Crippen LogP contribution in [0.3, 0.4) is 0 Å². The first-order valence-electron chi connectivity index (χ1n) is 6.52. The van der Waals surface area contributed by atoms with Crippen molar-refractivity contribution >= 4 is 21.6 Å². The first kappa shape index (κ1) is 15.0. The van der Waals surface area contributed by atoms with Crippen LogP contribution in [0.5, 0.6) is 0 Å². The predicted molar refractivity (Wildman–Crippen MR) is 77.1 cm³/mol. The molecular formula is C13H19N3O3S. The van der Waals surface area contributed by atoms with Crippen molar-refractivity contribution in [1.82, 2.24) is 10.0 Å². The number of rotatable bonds is 4. The molecule has 2 rings (SSSR count). The Bertz CT molecular complexity index is 607. The van der Waals surface area contributed by atoms with Gasteiger partial charge in [-0.1, -0.05) is 6.07 Å². The van der Waals surface area contributed by atoms with Gasteiger partial charge < -0.3 is 10.6 Å². The largest absolute Gasteiger partial charge is 0.325 e. The van der Waals surface area contributed by atoms with Crippen molar-refractivity contribution in [1.29, 1.82) is 0 Å². The van der Waals surface area contributed by atoms with Gasteiger partial charge in [0.1, 0.15) is 0 Å². The highest BCUT2D eigenvalue weighted by molar-refractivity contribution is 7.89. The van der Waals surface area contributed by atoms with Gasteiger partial charge in [0.25, 0.3) is 0 Å². The Morgan fingerprint density at radius 1 is 1.40 bits per heavy atom. The molecule has 3 N–H and O–H groups in total. The van der Waals surface area contributed by atoms with Crippen LogP contribution in [-0.2, 0) is 14.8 Å². The van der Waals surface area contributed by atoms with Crippen LogP contribution in [0.25, 0.3) is 0 Å². The lowest BCUT2D eigenvalue weighted by atomic mass is 10.2. The van der Waals surface area contributed by atoms with E-state index in [0.29, 0.717) is 11.3 Å². The second-order valence-corrected chi connectivity index (χ2v) is 6.68. The molecule has 0 radical (unpaired) electrons. The Kier molecular flexibility index (Phi) is 4.42. The zero-order chi connectivity index (χ0) is 14.8. The molecule has 1 fully saturated rings. The number of amides is 1. The van der Waals surface area contributed by atoms with Crippen molar-refractivity contribution in [2.24, 2.45) is 0 Å². The Hall–Kier alpha value is -1.44. The number of aryl methyl sites for hydroxylation is 1. The molecule has 0 aromatic heterocycles. The lowest BCUT2D eigenvalue weighted by molar-refractivity contribution is -0.117. The lowest BCUT2D eigenvalue weighted by Crippen LogP contribution is -2.35. The molecule has 0 saturated carbocycles. The smallest absolute Gasteiger partial charge is 0.241 e. The van der Waals surface area contributed by atoms with Crippen LogP contribution in [-0.4, -0.2) is 34.0 Å². The normalized spacial score (nSPS) is 19.0. The summed E-state index contributed by atoms with van der Waals surface area (Å²) in [5, 5.41) is 5.86. The van der Waals surface area contributed by atoms with Gasteiger partial charge in [0.15, 0.2) is 0 Å². The van der Waals surface area contributed by atoms with E-state index in [4.69, 9.17) is 0 Å². The second-order valence-electron chi connectivity index (χ2n) is 4.83. The topological polar surface area (TPSA) is 87.3 Å². The van der Waals surface area contributed by atoms with Gasteiger partial charge in [-0.25, -0.2) is 13.1 Å². The zero-order valence-corrected chi connectivity index (χ0v) is 12.4. The summed E-state index contributed by atoms with van der Waals surface area (Å²) in [5.74, 6) is -0.126. The number of sulfonamides is 1. The van der Waals surface area contributed by atoms with Crippen molar-refractivity contribution in [3.05, 3.63) is 23.8 Å². The fourth-order valence-electron chi connectivity index (χ4n) is 2.22. The fourth-order valence-corrected chi connectivity index (χ4v) is 3.21. The standard InChI is InChI=1S/C13H19N3O3S/c1-9-5-6-10(8-12(9)20(18,19)14-2)16-13(17)11-4-3-7-15-11/h5-6,8,11,14-15H,3-4,7H2,1-2H3,(H,16,17). The summed E-state index contributed by atoms with van der Waals surface area (Å²) in [6.07, 6.45) is 1.78. The first-order valence-corrected chi connectivity index (χ1v) is 8.01. The van der Waals surface area contributed by atoms with Crippen LogP contribution in [0.15, 0.2) is 23.1 Å². The minimum Gasteiger partial charge on any atom is -0.325 e. The Labute approximate surface area is 119 Å². The maximum Gasteiger partial charge on any atom is 0.241 e. The van der Waals surface area contributed by atoms with Gasteiger partial charge in [-0.15, -0.1) is 0 Å². The molecule has 1 heterocycles. The molecule has 1 aliphatic rings. The third-order valence-electron chi connectivity index (χ3n) is 3.39. The first-order chi connectivity index (χ1) is 9.44. The van der Waals surface area contributed by atoms with E-state index < -0.39 is 10.0 Å². The summed E-state index contributed by atoms with van der Waals surface area (Å²) >= 11 is 0. The van der Waals surface area contributed by atoms with Crippen LogP contribution in [0.2, 0.25) is 0 Å². The van der Waals surface area contributed by atoms with Crippen molar-refractivity contribution < 1.29 is 13.2 Å². The molecule has 1 atom stereocenters. The molecule has 20 heavy (non-hydrogen) atoms. The van der Waals surface area contributed by atoms with E-state index in [-0.39, 0.29) is 16.8 Å². The van der Waals surface area contributed by atoms with E-state index in [1.165, 1.54) is 13.1 Å². The molecule has 0 spiro atoms. The number of nitrogens with one attached hydrogen (secondary N) is 3. The van der Waals surface area contributed by atoms with E-state index in [1.54, 1.807) is 19.1 Å². The van der Waals surface area contributed by atoms with Crippen LogP contribution in [0, 0.1) is 6.92 Å². The molecule has 6 nitrogen and oxygen atoms in total. The van der Waals surface area contributed by atoms with E-state index in [1.807, 2.05) is 0 Å². The average Bonchev–Trinajstić information content (AvgIpc) is 2.95. The molecule has 1 saturated heterocycles. The minimum atomic E-state index is -3.52. The highest BCUT2D eigenvalue weighted by atomic mass is 32.2. The summed E-state index contributed by atoms with van der Waals surface area (Å²) in [6, 6.07) is 4.67. The van der Waals surface area contributed by atoms with Gasteiger partial charge in [-0.05, 0) is 51.1 Å². The maximum atomic E-state index is 12.0. The molecule has 110 valence electrons. The monoisotopic (exact) mass is 297 g/mol. The second kappa shape index (κ2) is 5.90. The molecule has 1 aliphatic heterocycles. The van der Waals surface area contributed by atoms with Gasteiger partial charge in [0.2, 0.25) is 15.9 Å². The van der Waals surface area contributed by atoms with E-state index >= 15 is 0 Å². The predicted octanol–water partition coefficient (Wildman–Crippen LogP) is 0.594. The van der Waals surface area contributed by atoms with Crippen molar-refractivity contribution in [2.45, 2.75) is 30.7 Å². The molecule has 1 aromatic carbocycles. The van der Waals surface area contributed by atoms with E-state index in [9.17, 15) is 13.2 Å². The molecule has 7 heteroatoms. The SMILES string of the molecule is CNS(=O)(=O)c1cc(NC(=O)C2CCCN2)ccc1C. The maximum absolute atomic E-state index is 12.0. The Morgan fingerprint density at radius 3 is 2.75 bits per heavy atom. The number of carbonyl (C=O) groups excluding carboxylic acids is 1. The summed E-state index contributed by atoms with van der Waals surface area (Å²) in [5.41, 5.74) is 1.12. The molecular weight excluding hydrogens is 278 g/mol. The zero-order valence-electron chi connectivity index (χ0n) is 11.6. The number of hydrogen-bond acceptors (Lipinski definition) is 4. The van der Waals surface area contributed by atoms with Crippen LogP contribution in [0.4, 0.5) is 5.69 Å². The third-order valence-corrected chi connectivity index (χ3v) is 4.95. The molecule has 0 bridgehead atoms. The quantitative estimate of drug-likeness (QED) is 0.759. The van der Waals surface area contributed by atoms with Crippen molar-refractivity contribution in [3.8, 4) is 0 Å². The highest BCUT2D eigenvalue weighted by Gasteiger charge is 2.22. The third kappa shape index (κ3) is 3.17. The molecule has 0 aliphatic carbocycles. The van der Waals surface area contributed by atoms with Crippen LogP contribution in [0.1, 0.15) is 18.4 Å². The summed E-state index contributed by atoms with van der Waals surface area (Å²) in [7, 11) is -2.16. The minimum absolute atomic E-state index is 0.126. The van der Waals surface area contributed by atoms with Gasteiger partial charge in [-0.2, -0.15) is 0 Å². The van der Waals surface area contributed by atoms with E-state index in [2.05, 4.69) is 15.4 Å². The Balaban J connectivity index is 2.21. The summed E-state index contributed by atoms with van der Waals surface area (Å²) < 4.78 is 26.0. The fraction of sp³-hybridized carbons (Fsp3) is 0.462. The van der Waals surface area contributed by atoms with Crippen molar-refractivity contribution in [3.63, 3.8) is 0 Å². The van der Waals surface area contributed by atoms with Gasteiger partial charge in [0, 0.05) is 5.69 Å². The Morgan fingerprint density at radius 2 is 2.15 bits per heavy atom. The molecule has 1 unspecified atom stereocenters. The highest BCUT2D eigenvalue weighted by Crippen LogP contribution is 2.20. The summed E-state index contributed by atoms with van der Waals surface area (Å²) in [4.78, 5) is 12.2. The van der Waals surface area contributed by atoms with E-state index in [0.717, 1.165) is 19.4 Å². The van der Waals surface area contributed by atoms with Gasteiger partial charge in [-0.3, -0.25) is 4.79 Å². The summed E-state index contributed by atoms with van der Waals surface area (Å²) in [6.45, 7) is 2.56. The van der Waals surface area contributed by atoms with Gasteiger partial charge in [0.05, 0.1) is 10.9 Å². The van der Waals surface area contributed by atoms with Crippen LogP contribution >= 0.6 is 0 Å².